The van der Waals surface area contributed by atoms with E-state index in [-0.39, 0.29) is 28.7 Å². The Morgan fingerprint density at radius 2 is 1.93 bits per heavy atom. The molecule has 3 aromatic rings. The van der Waals surface area contributed by atoms with Gasteiger partial charge in [-0.3, -0.25) is 14.9 Å². The van der Waals surface area contributed by atoms with E-state index in [1.165, 1.54) is 31.4 Å². The predicted octanol–water partition coefficient (Wildman–Crippen LogP) is 4.84. The van der Waals surface area contributed by atoms with Crippen LogP contribution in [0, 0.1) is 16.0 Å². The number of amides is 1. The van der Waals surface area contributed by atoms with Gasteiger partial charge in [0.05, 0.1) is 17.5 Å². The van der Waals surface area contributed by atoms with Crippen LogP contribution in [0.1, 0.15) is 24.2 Å². The maximum atomic E-state index is 12.3. The summed E-state index contributed by atoms with van der Waals surface area (Å²) in [5.74, 6) is 0.0802. The third kappa shape index (κ3) is 4.08. The number of hydrogen-bond acceptors (Lipinski definition) is 6. The van der Waals surface area contributed by atoms with Crippen molar-refractivity contribution >= 4 is 28.2 Å². The monoisotopic (exact) mass is 396 g/mol. The topological polar surface area (TPSA) is 119 Å². The van der Waals surface area contributed by atoms with Crippen LogP contribution >= 0.6 is 0 Å². The van der Waals surface area contributed by atoms with E-state index in [2.05, 4.69) is 10.2 Å². The third-order valence-electron chi connectivity index (χ3n) is 4.33. The Kier molecular flexibility index (Phi) is 5.58. The molecule has 0 atom stereocenters. The molecule has 9 nitrogen and oxygen atoms in total. The second-order valence-electron chi connectivity index (χ2n) is 6.87. The normalized spacial score (nSPS) is 11.4. The number of carbonyl (C=O) groups excluding carboxylic acids is 1. The zero-order valence-electron chi connectivity index (χ0n) is 16.2. The number of azo groups is 1. The Bertz CT molecular complexity index is 1100. The fraction of sp³-hybridized carbons (Fsp3) is 0.250. The summed E-state index contributed by atoms with van der Waals surface area (Å²) in [5, 5.41) is 29.7. The van der Waals surface area contributed by atoms with Crippen molar-refractivity contribution in [3.63, 3.8) is 0 Å². The van der Waals surface area contributed by atoms with Crippen LogP contribution in [0.5, 0.6) is 11.6 Å². The maximum Gasteiger partial charge on any atom is 0.295 e. The van der Waals surface area contributed by atoms with E-state index < -0.39 is 10.8 Å². The molecule has 9 heteroatoms. The van der Waals surface area contributed by atoms with E-state index in [9.17, 15) is 20.0 Å². The van der Waals surface area contributed by atoms with Crippen LogP contribution in [-0.4, -0.2) is 27.6 Å². The van der Waals surface area contributed by atoms with Crippen LogP contribution in [0.4, 0.5) is 11.4 Å². The van der Waals surface area contributed by atoms with Crippen molar-refractivity contribution in [2.75, 3.05) is 7.11 Å². The Morgan fingerprint density at radius 3 is 2.52 bits per heavy atom. The number of methoxy groups -OCH3 is 1. The van der Waals surface area contributed by atoms with E-state index in [4.69, 9.17) is 4.74 Å². The van der Waals surface area contributed by atoms with Crippen LogP contribution in [0.15, 0.2) is 52.7 Å². The number of ether oxygens (including phenoxy) is 1. The SMILES string of the molecule is COc1ccc2c(c1)c(N=NC(=O)c1ccc([N+](=O)[O-])cc1)c(O)n2CC(C)C. The quantitative estimate of drug-likeness (QED) is 0.363. The molecule has 0 radical (unpaired) electrons. The number of aromatic hydroxyl groups is 1. The molecule has 150 valence electrons. The zero-order chi connectivity index (χ0) is 21.1. The molecule has 0 aliphatic heterocycles. The highest BCUT2D eigenvalue weighted by Crippen LogP contribution is 2.41. The highest BCUT2D eigenvalue weighted by Gasteiger charge is 2.19. The number of nitro benzene ring substituents is 1. The number of carbonyl (C=O) groups is 1. The Hall–Kier alpha value is -3.75. The Morgan fingerprint density at radius 1 is 1.24 bits per heavy atom. The minimum atomic E-state index is -0.674. The van der Waals surface area contributed by atoms with E-state index in [1.54, 1.807) is 16.7 Å². The van der Waals surface area contributed by atoms with Gasteiger partial charge in [-0.2, -0.15) is 0 Å². The summed E-state index contributed by atoms with van der Waals surface area (Å²) in [5.41, 5.74) is 0.936. The van der Waals surface area contributed by atoms with E-state index in [0.29, 0.717) is 17.7 Å². The van der Waals surface area contributed by atoms with Gasteiger partial charge in [-0.05, 0) is 36.2 Å². The number of rotatable bonds is 6. The maximum absolute atomic E-state index is 12.3. The first kappa shape index (κ1) is 20.0. The molecule has 0 unspecified atom stereocenters. The van der Waals surface area contributed by atoms with Crippen molar-refractivity contribution < 1.29 is 19.6 Å². The zero-order valence-corrected chi connectivity index (χ0v) is 16.2. The highest BCUT2D eigenvalue weighted by molar-refractivity contribution is 5.98. The summed E-state index contributed by atoms with van der Waals surface area (Å²) in [6.45, 7) is 4.60. The van der Waals surface area contributed by atoms with Crippen LogP contribution in [0.3, 0.4) is 0 Å². The average molecular weight is 396 g/mol. The van der Waals surface area contributed by atoms with Crippen LogP contribution in [0.25, 0.3) is 10.9 Å². The smallest absolute Gasteiger partial charge is 0.295 e. The molecule has 0 spiro atoms. The molecule has 0 fully saturated rings. The van der Waals surface area contributed by atoms with Gasteiger partial charge in [0.15, 0.2) is 5.69 Å². The van der Waals surface area contributed by atoms with Crippen LogP contribution in [-0.2, 0) is 6.54 Å². The number of nitrogens with zero attached hydrogens (tertiary/aromatic N) is 4. The molecule has 0 saturated heterocycles. The number of nitro groups is 1. The van der Waals surface area contributed by atoms with Crippen LogP contribution in [0.2, 0.25) is 0 Å². The first-order valence-electron chi connectivity index (χ1n) is 8.91. The molecule has 0 aliphatic carbocycles. The lowest BCUT2D eigenvalue weighted by atomic mass is 10.2. The molecule has 0 saturated carbocycles. The summed E-state index contributed by atoms with van der Waals surface area (Å²) in [6.07, 6.45) is 0. The lowest BCUT2D eigenvalue weighted by Crippen LogP contribution is -2.03. The molecule has 1 aromatic heterocycles. The van der Waals surface area contributed by atoms with Gasteiger partial charge in [0, 0.05) is 29.6 Å². The second-order valence-corrected chi connectivity index (χ2v) is 6.87. The number of benzene rings is 2. The summed E-state index contributed by atoms with van der Waals surface area (Å²) < 4.78 is 6.96. The number of hydrogen-bond donors (Lipinski definition) is 1. The Labute approximate surface area is 166 Å². The summed E-state index contributed by atoms with van der Waals surface area (Å²) >= 11 is 0. The first-order valence-corrected chi connectivity index (χ1v) is 8.91. The highest BCUT2D eigenvalue weighted by atomic mass is 16.6. The molecule has 0 bridgehead atoms. The number of non-ortho nitro benzene ring substituents is 1. The molecule has 2 aromatic carbocycles. The van der Waals surface area contributed by atoms with Gasteiger partial charge in [-0.1, -0.05) is 13.8 Å². The molecular weight excluding hydrogens is 376 g/mol. The second kappa shape index (κ2) is 8.09. The minimum Gasteiger partial charge on any atom is -0.497 e. The number of aromatic nitrogens is 1. The molecule has 1 amide bonds. The molecule has 3 rings (SSSR count). The van der Waals surface area contributed by atoms with E-state index in [1.807, 2.05) is 19.9 Å². The largest absolute Gasteiger partial charge is 0.497 e. The minimum absolute atomic E-state index is 0.0952. The van der Waals surface area contributed by atoms with Crippen molar-refractivity contribution in [3.05, 3.63) is 58.1 Å². The summed E-state index contributed by atoms with van der Waals surface area (Å²) in [6, 6.07) is 10.4. The first-order chi connectivity index (χ1) is 13.8. The fourth-order valence-electron chi connectivity index (χ4n) is 2.96. The predicted molar refractivity (Wildman–Crippen MR) is 107 cm³/mol. The van der Waals surface area contributed by atoms with Crippen molar-refractivity contribution in [1.82, 2.24) is 4.57 Å². The van der Waals surface area contributed by atoms with Gasteiger partial charge in [0.2, 0.25) is 5.88 Å². The average Bonchev–Trinajstić information content (AvgIpc) is 2.96. The van der Waals surface area contributed by atoms with Gasteiger partial charge >= 0.3 is 0 Å². The van der Waals surface area contributed by atoms with Gasteiger partial charge in [0.25, 0.3) is 11.6 Å². The molecular formula is C20H20N4O5. The van der Waals surface area contributed by atoms with Gasteiger partial charge < -0.3 is 14.4 Å². The van der Waals surface area contributed by atoms with Crippen LogP contribution < -0.4 is 4.74 Å². The van der Waals surface area contributed by atoms with Gasteiger partial charge in [-0.25, -0.2) is 0 Å². The summed E-state index contributed by atoms with van der Waals surface area (Å²) in [4.78, 5) is 22.5. The van der Waals surface area contributed by atoms with Gasteiger partial charge in [0.1, 0.15) is 5.75 Å². The number of fused-ring (bicyclic) bond motifs is 1. The van der Waals surface area contributed by atoms with E-state index in [0.717, 1.165) is 5.52 Å². The van der Waals surface area contributed by atoms with Crippen molar-refractivity contribution in [2.24, 2.45) is 16.1 Å². The lowest BCUT2D eigenvalue weighted by molar-refractivity contribution is -0.384. The van der Waals surface area contributed by atoms with Crippen molar-refractivity contribution in [3.8, 4) is 11.6 Å². The summed E-state index contributed by atoms with van der Waals surface area (Å²) in [7, 11) is 1.53. The lowest BCUT2D eigenvalue weighted by Gasteiger charge is -2.09. The van der Waals surface area contributed by atoms with Gasteiger partial charge in [-0.15, -0.1) is 10.2 Å². The molecule has 0 aliphatic rings. The fourth-order valence-corrected chi connectivity index (χ4v) is 2.96. The van der Waals surface area contributed by atoms with E-state index >= 15 is 0 Å². The molecule has 1 N–H and O–H groups in total. The van der Waals surface area contributed by atoms with Crippen molar-refractivity contribution in [2.45, 2.75) is 20.4 Å². The standard InChI is InChI=1S/C20H20N4O5/c1-12(2)11-23-17-9-8-15(29-3)10-16(17)18(20(23)26)21-22-19(25)13-4-6-14(7-5-13)24(27)28/h4-10,12,26H,11H2,1-3H3. The van der Waals surface area contributed by atoms with Crippen molar-refractivity contribution in [1.29, 1.82) is 0 Å². The molecule has 1 heterocycles. The molecule has 29 heavy (non-hydrogen) atoms. The Balaban J connectivity index is 2.00. The third-order valence-corrected chi connectivity index (χ3v) is 4.33.